The van der Waals surface area contributed by atoms with Crippen molar-refractivity contribution in [3.63, 3.8) is 0 Å². The minimum Gasteiger partial charge on any atom is -0.491 e. The van der Waals surface area contributed by atoms with Gasteiger partial charge in [0.1, 0.15) is 30.1 Å². The smallest absolute Gasteiger partial charge is 0.134 e. The average Bonchev–Trinajstić information content (AvgIpc) is 2.28. The Morgan fingerprint density at radius 1 is 1.65 bits per heavy atom. The SMILES string of the molecule is CNCC(O)COc1ccc(F)c(C(=N)N)c1. The molecule has 1 atom stereocenters. The molecular formula is C11H16FN3O2. The molecule has 0 amide bonds. The van der Waals surface area contributed by atoms with Crippen molar-refractivity contribution in [2.24, 2.45) is 5.73 Å². The highest BCUT2D eigenvalue weighted by Crippen LogP contribution is 2.16. The third-order valence-electron chi connectivity index (χ3n) is 2.11. The molecule has 0 saturated heterocycles. The lowest BCUT2D eigenvalue weighted by Gasteiger charge is -2.12. The molecule has 0 aromatic heterocycles. The van der Waals surface area contributed by atoms with Gasteiger partial charge in [0.25, 0.3) is 0 Å². The molecule has 0 aliphatic carbocycles. The first-order chi connectivity index (χ1) is 8.04. The number of amidine groups is 1. The Hall–Kier alpha value is -1.66. The van der Waals surface area contributed by atoms with Crippen LogP contribution in [0.2, 0.25) is 0 Å². The minimum atomic E-state index is -0.647. The summed E-state index contributed by atoms with van der Waals surface area (Å²) >= 11 is 0. The zero-order valence-electron chi connectivity index (χ0n) is 9.53. The standard InChI is InChI=1S/C11H16FN3O2/c1-15-5-7(16)6-17-8-2-3-10(12)9(4-8)11(13)14/h2-4,7,15-16H,5-6H2,1H3,(H3,13,14). The molecule has 0 aliphatic heterocycles. The van der Waals surface area contributed by atoms with Gasteiger partial charge in [-0.1, -0.05) is 0 Å². The van der Waals surface area contributed by atoms with Crippen molar-refractivity contribution in [1.82, 2.24) is 5.32 Å². The van der Waals surface area contributed by atoms with Crippen molar-refractivity contribution in [3.8, 4) is 5.75 Å². The maximum absolute atomic E-state index is 13.2. The van der Waals surface area contributed by atoms with Crippen molar-refractivity contribution in [2.45, 2.75) is 6.10 Å². The van der Waals surface area contributed by atoms with Crippen molar-refractivity contribution in [3.05, 3.63) is 29.6 Å². The lowest BCUT2D eigenvalue weighted by atomic mass is 10.2. The fourth-order valence-corrected chi connectivity index (χ4v) is 1.29. The van der Waals surface area contributed by atoms with E-state index in [1.54, 1.807) is 7.05 Å². The van der Waals surface area contributed by atoms with E-state index in [-0.39, 0.29) is 18.0 Å². The van der Waals surface area contributed by atoms with Gasteiger partial charge in [-0.3, -0.25) is 5.41 Å². The van der Waals surface area contributed by atoms with Gasteiger partial charge in [-0.25, -0.2) is 4.39 Å². The van der Waals surface area contributed by atoms with E-state index in [0.717, 1.165) is 0 Å². The molecule has 0 radical (unpaired) electrons. The number of nitrogen functional groups attached to an aromatic ring is 1. The van der Waals surface area contributed by atoms with Crippen LogP contribution >= 0.6 is 0 Å². The molecule has 0 heterocycles. The molecule has 6 heteroatoms. The summed E-state index contributed by atoms with van der Waals surface area (Å²) in [5.41, 5.74) is 5.21. The molecule has 0 spiro atoms. The average molecular weight is 241 g/mol. The molecule has 5 N–H and O–H groups in total. The quantitative estimate of drug-likeness (QED) is 0.419. The number of nitrogens with two attached hydrogens (primary N) is 1. The predicted octanol–water partition coefficient (Wildman–Crippen LogP) is 0.0689. The second kappa shape index (κ2) is 6.17. The monoisotopic (exact) mass is 241 g/mol. The molecule has 1 aromatic rings. The highest BCUT2D eigenvalue weighted by atomic mass is 19.1. The number of hydrogen-bond acceptors (Lipinski definition) is 4. The fraction of sp³-hybridized carbons (Fsp3) is 0.364. The van der Waals surface area contributed by atoms with Crippen molar-refractivity contribution < 1.29 is 14.2 Å². The number of rotatable bonds is 6. The van der Waals surface area contributed by atoms with Crippen LogP contribution in [0.5, 0.6) is 5.75 Å². The molecule has 1 unspecified atom stereocenters. The third kappa shape index (κ3) is 4.01. The first-order valence-electron chi connectivity index (χ1n) is 5.14. The molecule has 0 fully saturated rings. The van der Waals surface area contributed by atoms with Gasteiger partial charge in [0.2, 0.25) is 0 Å². The fourth-order valence-electron chi connectivity index (χ4n) is 1.29. The number of likely N-dealkylation sites (N-methyl/N-ethyl adjacent to an activating group) is 1. The highest BCUT2D eigenvalue weighted by Gasteiger charge is 2.08. The molecule has 5 nitrogen and oxygen atoms in total. The summed E-state index contributed by atoms with van der Waals surface area (Å²) in [6.45, 7) is 0.491. The summed E-state index contributed by atoms with van der Waals surface area (Å²) in [4.78, 5) is 0. The first-order valence-corrected chi connectivity index (χ1v) is 5.14. The third-order valence-corrected chi connectivity index (χ3v) is 2.11. The Kier molecular flexibility index (Phi) is 4.86. The summed E-state index contributed by atoms with van der Waals surface area (Å²) in [6.07, 6.45) is -0.647. The number of nitrogens with one attached hydrogen (secondary N) is 2. The number of aliphatic hydroxyl groups is 1. The molecule has 0 bridgehead atoms. The van der Waals surface area contributed by atoms with E-state index >= 15 is 0 Å². The van der Waals surface area contributed by atoms with Gasteiger partial charge in [-0.15, -0.1) is 0 Å². The van der Waals surface area contributed by atoms with Gasteiger partial charge in [-0.2, -0.15) is 0 Å². The van der Waals surface area contributed by atoms with Gasteiger partial charge in [0.15, 0.2) is 0 Å². The van der Waals surface area contributed by atoms with Crippen molar-refractivity contribution in [1.29, 1.82) is 5.41 Å². The molecule has 1 aromatic carbocycles. The zero-order chi connectivity index (χ0) is 12.8. The lowest BCUT2D eigenvalue weighted by Crippen LogP contribution is -2.29. The van der Waals surface area contributed by atoms with Crippen molar-refractivity contribution in [2.75, 3.05) is 20.2 Å². The van der Waals surface area contributed by atoms with Crippen LogP contribution in [-0.2, 0) is 0 Å². The van der Waals surface area contributed by atoms with Gasteiger partial charge in [0.05, 0.1) is 5.56 Å². The molecule has 94 valence electrons. The highest BCUT2D eigenvalue weighted by molar-refractivity contribution is 5.95. The van der Waals surface area contributed by atoms with Crippen LogP contribution in [0.4, 0.5) is 4.39 Å². The van der Waals surface area contributed by atoms with Crippen LogP contribution < -0.4 is 15.8 Å². The van der Waals surface area contributed by atoms with E-state index in [0.29, 0.717) is 12.3 Å². The van der Waals surface area contributed by atoms with Crippen LogP contribution in [-0.4, -0.2) is 37.2 Å². The Balaban J connectivity index is 2.66. The lowest BCUT2D eigenvalue weighted by molar-refractivity contribution is 0.108. The number of ether oxygens (including phenoxy) is 1. The Bertz CT molecular complexity index is 398. The maximum atomic E-state index is 13.2. The maximum Gasteiger partial charge on any atom is 0.134 e. The van der Waals surface area contributed by atoms with Crippen LogP contribution in [0.15, 0.2) is 18.2 Å². The minimum absolute atomic E-state index is 0.00870. The topological polar surface area (TPSA) is 91.4 Å². The van der Waals surface area contributed by atoms with Gasteiger partial charge < -0.3 is 20.9 Å². The second-order valence-electron chi connectivity index (χ2n) is 3.58. The summed E-state index contributed by atoms with van der Waals surface area (Å²) in [6, 6.07) is 3.94. The van der Waals surface area contributed by atoms with E-state index in [4.69, 9.17) is 15.9 Å². The molecule has 0 saturated carbocycles. The van der Waals surface area contributed by atoms with Gasteiger partial charge >= 0.3 is 0 Å². The van der Waals surface area contributed by atoms with Crippen LogP contribution in [0.25, 0.3) is 0 Å². The van der Waals surface area contributed by atoms with Gasteiger partial charge in [0, 0.05) is 6.54 Å². The van der Waals surface area contributed by atoms with Crippen LogP contribution in [0.1, 0.15) is 5.56 Å². The van der Waals surface area contributed by atoms with E-state index in [2.05, 4.69) is 5.32 Å². The Morgan fingerprint density at radius 3 is 2.94 bits per heavy atom. The normalized spacial score (nSPS) is 12.2. The van der Waals surface area contributed by atoms with Crippen LogP contribution in [0, 0.1) is 11.2 Å². The summed E-state index contributed by atoms with van der Waals surface area (Å²) in [5.74, 6) is -0.559. The van der Waals surface area contributed by atoms with E-state index in [9.17, 15) is 9.50 Å². The largest absolute Gasteiger partial charge is 0.491 e. The number of halogens is 1. The van der Waals surface area contributed by atoms with Crippen molar-refractivity contribution >= 4 is 5.84 Å². The second-order valence-corrected chi connectivity index (χ2v) is 3.58. The number of aliphatic hydroxyl groups excluding tert-OH is 1. The van der Waals surface area contributed by atoms with E-state index in [1.165, 1.54) is 18.2 Å². The summed E-state index contributed by atoms with van der Waals surface area (Å²) in [5, 5.41) is 19.4. The number of benzene rings is 1. The number of hydrogen-bond donors (Lipinski definition) is 4. The molecular weight excluding hydrogens is 225 g/mol. The first kappa shape index (κ1) is 13.4. The molecule has 1 rings (SSSR count). The van der Waals surface area contributed by atoms with Crippen LogP contribution in [0.3, 0.4) is 0 Å². The molecule has 17 heavy (non-hydrogen) atoms. The summed E-state index contributed by atoms with van der Waals surface area (Å²) in [7, 11) is 1.72. The summed E-state index contributed by atoms with van der Waals surface area (Å²) < 4.78 is 18.5. The Labute approximate surface area is 98.9 Å². The predicted molar refractivity (Wildman–Crippen MR) is 62.8 cm³/mol. The van der Waals surface area contributed by atoms with Gasteiger partial charge in [-0.05, 0) is 25.2 Å². The zero-order valence-corrected chi connectivity index (χ0v) is 9.53. The van der Waals surface area contributed by atoms with E-state index in [1.807, 2.05) is 0 Å². The van der Waals surface area contributed by atoms with E-state index < -0.39 is 11.9 Å². The molecule has 0 aliphatic rings. The Morgan fingerprint density at radius 2 is 2.35 bits per heavy atom.